The van der Waals surface area contributed by atoms with Crippen LogP contribution in [0.1, 0.15) is 53.4 Å². The zero-order valence-electron chi connectivity index (χ0n) is 13.6. The summed E-state index contributed by atoms with van der Waals surface area (Å²) in [6.45, 7) is 9.04. The molecule has 1 saturated heterocycles. The standard InChI is InChI=1S/C17H27N3O/c1-5-14-8-6-7-11-20(14)15-10-9-13(12-18-15)19-16(21)17(2,3)4/h9-10,12,14H,5-8,11H2,1-4H3,(H,19,21). The van der Waals surface area contributed by atoms with Crippen LogP contribution in [0.25, 0.3) is 0 Å². The summed E-state index contributed by atoms with van der Waals surface area (Å²) in [5, 5.41) is 2.92. The number of carbonyl (C=O) groups excluding carboxylic acids is 1. The first-order chi connectivity index (χ1) is 9.91. The van der Waals surface area contributed by atoms with Crippen LogP contribution in [0.15, 0.2) is 18.3 Å². The van der Waals surface area contributed by atoms with E-state index >= 15 is 0 Å². The fourth-order valence-corrected chi connectivity index (χ4v) is 2.68. The van der Waals surface area contributed by atoms with Gasteiger partial charge in [0.2, 0.25) is 5.91 Å². The topological polar surface area (TPSA) is 45.2 Å². The Bertz CT molecular complexity index is 476. The highest BCUT2D eigenvalue weighted by Gasteiger charge is 2.23. The van der Waals surface area contributed by atoms with Crippen LogP contribution < -0.4 is 10.2 Å². The maximum Gasteiger partial charge on any atom is 0.229 e. The third-order valence-electron chi connectivity index (χ3n) is 4.08. The van der Waals surface area contributed by atoms with Crippen molar-refractivity contribution in [2.75, 3.05) is 16.8 Å². The number of nitrogens with one attached hydrogen (secondary N) is 1. The van der Waals surface area contributed by atoms with Gasteiger partial charge in [0.05, 0.1) is 11.9 Å². The predicted molar refractivity (Wildman–Crippen MR) is 87.6 cm³/mol. The van der Waals surface area contributed by atoms with Gasteiger partial charge < -0.3 is 10.2 Å². The van der Waals surface area contributed by atoms with E-state index in [0.29, 0.717) is 6.04 Å². The maximum absolute atomic E-state index is 12.0. The van der Waals surface area contributed by atoms with Gasteiger partial charge >= 0.3 is 0 Å². The molecule has 1 fully saturated rings. The Morgan fingerprint density at radius 1 is 1.38 bits per heavy atom. The lowest BCUT2D eigenvalue weighted by Crippen LogP contribution is -2.39. The molecule has 1 N–H and O–H groups in total. The van der Waals surface area contributed by atoms with E-state index in [4.69, 9.17) is 0 Å². The summed E-state index contributed by atoms with van der Waals surface area (Å²) in [6, 6.07) is 4.57. The Hall–Kier alpha value is -1.58. The summed E-state index contributed by atoms with van der Waals surface area (Å²) < 4.78 is 0. The molecule has 1 aliphatic rings. The molecule has 1 aliphatic heterocycles. The second-order valence-corrected chi connectivity index (χ2v) is 6.86. The van der Waals surface area contributed by atoms with Crippen molar-refractivity contribution in [3.63, 3.8) is 0 Å². The molecule has 0 saturated carbocycles. The number of aromatic nitrogens is 1. The van der Waals surface area contributed by atoms with Gasteiger partial charge in [0, 0.05) is 18.0 Å². The second kappa shape index (κ2) is 6.46. The first-order valence-corrected chi connectivity index (χ1v) is 7.96. The molecule has 116 valence electrons. The Kier molecular flexibility index (Phi) is 4.86. The number of nitrogens with zero attached hydrogens (tertiary/aromatic N) is 2. The van der Waals surface area contributed by atoms with Crippen LogP contribution in [0, 0.1) is 5.41 Å². The Morgan fingerprint density at radius 3 is 2.71 bits per heavy atom. The quantitative estimate of drug-likeness (QED) is 0.919. The molecule has 21 heavy (non-hydrogen) atoms. The lowest BCUT2D eigenvalue weighted by molar-refractivity contribution is -0.123. The van der Waals surface area contributed by atoms with E-state index in [2.05, 4.69) is 22.1 Å². The number of hydrogen-bond donors (Lipinski definition) is 1. The number of piperidine rings is 1. The molecule has 1 aromatic rings. The molecule has 4 nitrogen and oxygen atoms in total. The molecule has 2 heterocycles. The number of hydrogen-bond acceptors (Lipinski definition) is 3. The summed E-state index contributed by atoms with van der Waals surface area (Å²) in [5.41, 5.74) is 0.377. The van der Waals surface area contributed by atoms with E-state index in [9.17, 15) is 4.79 Å². The molecule has 0 aliphatic carbocycles. The van der Waals surface area contributed by atoms with Gasteiger partial charge in [0.1, 0.15) is 5.82 Å². The summed E-state index contributed by atoms with van der Waals surface area (Å²) >= 11 is 0. The van der Waals surface area contributed by atoms with Crippen LogP contribution in [0.4, 0.5) is 11.5 Å². The molecular weight excluding hydrogens is 262 g/mol. The minimum Gasteiger partial charge on any atom is -0.354 e. The van der Waals surface area contributed by atoms with Crippen molar-refractivity contribution in [3.05, 3.63) is 18.3 Å². The van der Waals surface area contributed by atoms with Gasteiger partial charge in [-0.1, -0.05) is 27.7 Å². The van der Waals surface area contributed by atoms with Gasteiger partial charge in [-0.25, -0.2) is 4.98 Å². The van der Waals surface area contributed by atoms with E-state index < -0.39 is 5.41 Å². The minimum absolute atomic E-state index is 0.0152. The van der Waals surface area contributed by atoms with Crippen molar-refractivity contribution in [1.29, 1.82) is 0 Å². The molecular formula is C17H27N3O. The number of pyridine rings is 1. The summed E-state index contributed by atoms with van der Waals surface area (Å²) in [7, 11) is 0. The van der Waals surface area contributed by atoms with Gasteiger partial charge in [0.25, 0.3) is 0 Å². The van der Waals surface area contributed by atoms with E-state index in [0.717, 1.165) is 24.5 Å². The zero-order valence-corrected chi connectivity index (χ0v) is 13.6. The van der Waals surface area contributed by atoms with Crippen LogP contribution in [-0.4, -0.2) is 23.5 Å². The van der Waals surface area contributed by atoms with Crippen molar-refractivity contribution in [1.82, 2.24) is 4.98 Å². The van der Waals surface area contributed by atoms with Crippen molar-refractivity contribution < 1.29 is 4.79 Å². The third-order valence-corrected chi connectivity index (χ3v) is 4.08. The van der Waals surface area contributed by atoms with E-state index in [1.54, 1.807) is 6.20 Å². The Labute approximate surface area is 127 Å². The number of rotatable bonds is 3. The molecule has 0 radical (unpaired) electrons. The van der Waals surface area contributed by atoms with Crippen LogP contribution >= 0.6 is 0 Å². The van der Waals surface area contributed by atoms with Gasteiger partial charge in [0.15, 0.2) is 0 Å². The number of anilines is 2. The van der Waals surface area contributed by atoms with Gasteiger partial charge in [-0.15, -0.1) is 0 Å². The highest BCUT2D eigenvalue weighted by molar-refractivity contribution is 5.94. The van der Waals surface area contributed by atoms with Crippen LogP contribution in [-0.2, 0) is 4.79 Å². The van der Waals surface area contributed by atoms with E-state index in [-0.39, 0.29) is 5.91 Å². The molecule has 1 amide bonds. The average Bonchev–Trinajstić information content (AvgIpc) is 2.47. The van der Waals surface area contributed by atoms with Gasteiger partial charge in [-0.3, -0.25) is 4.79 Å². The lowest BCUT2D eigenvalue weighted by Gasteiger charge is -2.36. The maximum atomic E-state index is 12.0. The van der Waals surface area contributed by atoms with E-state index in [1.165, 1.54) is 19.3 Å². The number of carbonyl (C=O) groups is 1. The smallest absolute Gasteiger partial charge is 0.229 e. The van der Waals surface area contributed by atoms with Crippen LogP contribution in [0.2, 0.25) is 0 Å². The third kappa shape index (κ3) is 3.96. The zero-order chi connectivity index (χ0) is 15.5. The monoisotopic (exact) mass is 289 g/mol. The molecule has 1 atom stereocenters. The molecule has 0 aromatic carbocycles. The van der Waals surface area contributed by atoms with Crippen molar-refractivity contribution in [3.8, 4) is 0 Å². The van der Waals surface area contributed by atoms with Crippen molar-refractivity contribution in [2.24, 2.45) is 5.41 Å². The summed E-state index contributed by atoms with van der Waals surface area (Å²) in [6.07, 6.45) is 6.72. The molecule has 0 spiro atoms. The molecule has 2 rings (SSSR count). The largest absolute Gasteiger partial charge is 0.354 e. The minimum atomic E-state index is -0.390. The van der Waals surface area contributed by atoms with Crippen molar-refractivity contribution in [2.45, 2.75) is 59.4 Å². The SMILES string of the molecule is CCC1CCCCN1c1ccc(NC(=O)C(C)(C)C)cn1. The number of amides is 1. The Balaban J connectivity index is 2.06. The highest BCUT2D eigenvalue weighted by atomic mass is 16.2. The fraction of sp³-hybridized carbons (Fsp3) is 0.647. The second-order valence-electron chi connectivity index (χ2n) is 6.86. The van der Waals surface area contributed by atoms with E-state index in [1.807, 2.05) is 32.9 Å². The van der Waals surface area contributed by atoms with Gasteiger partial charge in [-0.2, -0.15) is 0 Å². The molecule has 1 aromatic heterocycles. The first-order valence-electron chi connectivity index (χ1n) is 7.96. The van der Waals surface area contributed by atoms with Gasteiger partial charge in [-0.05, 0) is 37.8 Å². The predicted octanol–water partition coefficient (Wildman–Crippen LogP) is 3.84. The average molecular weight is 289 g/mol. The summed E-state index contributed by atoms with van der Waals surface area (Å²) in [4.78, 5) is 18.9. The van der Waals surface area contributed by atoms with Crippen LogP contribution in [0.5, 0.6) is 0 Å². The first kappa shape index (κ1) is 15.8. The fourth-order valence-electron chi connectivity index (χ4n) is 2.68. The lowest BCUT2D eigenvalue weighted by atomic mass is 9.95. The Morgan fingerprint density at radius 2 is 2.14 bits per heavy atom. The molecule has 1 unspecified atom stereocenters. The summed E-state index contributed by atoms with van der Waals surface area (Å²) in [5.74, 6) is 1.04. The van der Waals surface area contributed by atoms with Crippen LogP contribution in [0.3, 0.4) is 0 Å². The normalized spacial score (nSPS) is 19.4. The highest BCUT2D eigenvalue weighted by Crippen LogP contribution is 2.26. The van der Waals surface area contributed by atoms with Crippen molar-refractivity contribution >= 4 is 17.4 Å². The molecule has 4 heteroatoms. The molecule has 0 bridgehead atoms.